The Morgan fingerprint density at radius 2 is 2.25 bits per heavy atom. The zero-order chi connectivity index (χ0) is 14.6. The van der Waals surface area contributed by atoms with Gasteiger partial charge in [-0.2, -0.15) is 0 Å². The highest BCUT2D eigenvalue weighted by Crippen LogP contribution is 2.16. The van der Waals surface area contributed by atoms with E-state index in [0.717, 1.165) is 37.4 Å². The zero-order valence-electron chi connectivity index (χ0n) is 12.2. The molecule has 1 aliphatic rings. The molecule has 0 unspecified atom stereocenters. The van der Waals surface area contributed by atoms with Crippen molar-refractivity contribution in [1.82, 2.24) is 9.88 Å². The maximum absolute atomic E-state index is 11.2. The van der Waals surface area contributed by atoms with E-state index in [4.69, 9.17) is 0 Å². The summed E-state index contributed by atoms with van der Waals surface area (Å²) in [4.78, 5) is 6.55. The van der Waals surface area contributed by atoms with Gasteiger partial charge < -0.3 is 10.2 Å². The van der Waals surface area contributed by atoms with Gasteiger partial charge in [-0.1, -0.05) is 6.07 Å². The number of aryl methyl sites for hydroxylation is 1. The molecule has 0 saturated carbocycles. The van der Waals surface area contributed by atoms with Gasteiger partial charge in [0.2, 0.25) is 0 Å². The average Bonchev–Trinajstić information content (AvgIpc) is 2.83. The molecule has 0 radical (unpaired) electrons. The highest BCUT2D eigenvalue weighted by atomic mass is 32.2. The molecular weight excluding hydrogens is 274 g/mol. The molecule has 0 aromatic carbocycles. The summed E-state index contributed by atoms with van der Waals surface area (Å²) in [7, 11) is -2.86. The molecule has 2 rings (SSSR count). The lowest BCUT2D eigenvalue weighted by Gasteiger charge is -2.15. The van der Waals surface area contributed by atoms with Crippen LogP contribution in [0.4, 0.5) is 5.82 Å². The Balaban J connectivity index is 1.72. The van der Waals surface area contributed by atoms with E-state index in [1.807, 2.05) is 25.3 Å². The minimum atomic E-state index is -2.86. The summed E-state index contributed by atoms with van der Waals surface area (Å²) in [5, 5.41) is 3.35. The van der Waals surface area contributed by atoms with Crippen LogP contribution in [0.3, 0.4) is 0 Å². The van der Waals surface area contributed by atoms with Gasteiger partial charge in [0.25, 0.3) is 0 Å². The Morgan fingerprint density at radius 1 is 1.45 bits per heavy atom. The number of sulfone groups is 1. The highest BCUT2D eigenvalue weighted by Gasteiger charge is 2.22. The Labute approximate surface area is 121 Å². The summed E-state index contributed by atoms with van der Waals surface area (Å²) < 4.78 is 22.3. The van der Waals surface area contributed by atoms with Crippen molar-refractivity contribution < 1.29 is 8.42 Å². The van der Waals surface area contributed by atoms with E-state index in [9.17, 15) is 8.42 Å². The number of pyridine rings is 1. The van der Waals surface area contributed by atoms with E-state index in [1.54, 1.807) is 0 Å². The minimum Gasteiger partial charge on any atom is -0.370 e. The summed E-state index contributed by atoms with van der Waals surface area (Å²) in [6.45, 7) is 5.52. The lowest BCUT2D eigenvalue weighted by molar-refractivity contribution is 0.345. The maximum Gasteiger partial charge on any atom is 0.148 e. The smallest absolute Gasteiger partial charge is 0.148 e. The Morgan fingerprint density at radius 3 is 2.90 bits per heavy atom. The molecule has 1 aromatic rings. The van der Waals surface area contributed by atoms with Crippen molar-refractivity contribution in [3.05, 3.63) is 23.9 Å². The van der Waals surface area contributed by atoms with Crippen LogP contribution in [-0.2, 0) is 9.84 Å². The van der Waals surface area contributed by atoms with Crippen LogP contribution < -0.4 is 5.32 Å². The molecule has 1 fully saturated rings. The summed E-state index contributed by atoms with van der Waals surface area (Å²) in [6, 6.07) is 4.04. The topological polar surface area (TPSA) is 62.3 Å². The third kappa shape index (κ3) is 5.09. The van der Waals surface area contributed by atoms with Crippen molar-refractivity contribution in [3.8, 4) is 0 Å². The van der Waals surface area contributed by atoms with Gasteiger partial charge in [0.1, 0.15) is 15.7 Å². The summed E-state index contributed by atoms with van der Waals surface area (Å²) in [5.74, 6) is 1.73. The molecule has 6 heteroatoms. The maximum atomic E-state index is 11.2. The van der Waals surface area contributed by atoms with Crippen molar-refractivity contribution in [2.24, 2.45) is 5.92 Å². The predicted molar refractivity (Wildman–Crippen MR) is 81.7 cm³/mol. The van der Waals surface area contributed by atoms with Crippen molar-refractivity contribution in [2.75, 3.05) is 43.5 Å². The van der Waals surface area contributed by atoms with E-state index in [0.29, 0.717) is 12.5 Å². The molecule has 1 saturated heterocycles. The Kier molecular flexibility index (Phi) is 4.99. The first-order valence-electron chi connectivity index (χ1n) is 6.99. The average molecular weight is 297 g/mol. The van der Waals surface area contributed by atoms with Gasteiger partial charge in [0.05, 0.1) is 5.75 Å². The molecule has 1 atom stereocenters. The Hall–Kier alpha value is -1.14. The molecule has 1 aromatic heterocycles. The minimum absolute atomic E-state index is 0.257. The van der Waals surface area contributed by atoms with Crippen molar-refractivity contribution in [3.63, 3.8) is 0 Å². The van der Waals surface area contributed by atoms with Crippen LogP contribution >= 0.6 is 0 Å². The zero-order valence-corrected chi connectivity index (χ0v) is 13.0. The van der Waals surface area contributed by atoms with E-state index >= 15 is 0 Å². The first-order chi connectivity index (χ1) is 9.42. The molecule has 0 aliphatic carbocycles. The second-order valence-electron chi connectivity index (χ2n) is 5.69. The van der Waals surface area contributed by atoms with Crippen LogP contribution in [-0.4, -0.2) is 56.5 Å². The molecule has 2 heterocycles. The molecule has 0 spiro atoms. The van der Waals surface area contributed by atoms with Crippen LogP contribution in [0.15, 0.2) is 18.3 Å². The largest absolute Gasteiger partial charge is 0.370 e. The standard InChI is InChI=1S/C14H23N3O2S/c1-12-3-4-14(15-9-12)16-10-13-5-6-17(11-13)7-8-20(2,18)19/h3-4,9,13H,5-8,10-11H2,1-2H3,(H,15,16)/t13-/m1/s1. The summed E-state index contributed by atoms with van der Waals surface area (Å²) >= 11 is 0. The van der Waals surface area contributed by atoms with Crippen molar-refractivity contribution in [2.45, 2.75) is 13.3 Å². The van der Waals surface area contributed by atoms with Gasteiger partial charge in [-0.15, -0.1) is 0 Å². The van der Waals surface area contributed by atoms with Gasteiger partial charge in [0.15, 0.2) is 0 Å². The molecule has 0 amide bonds. The number of anilines is 1. The molecule has 112 valence electrons. The van der Waals surface area contributed by atoms with Crippen LogP contribution in [0.2, 0.25) is 0 Å². The van der Waals surface area contributed by atoms with Gasteiger partial charge in [0, 0.05) is 32.1 Å². The number of nitrogens with zero attached hydrogens (tertiary/aromatic N) is 2. The quantitative estimate of drug-likeness (QED) is 0.854. The predicted octanol–water partition coefficient (Wildman–Crippen LogP) is 1.17. The highest BCUT2D eigenvalue weighted by molar-refractivity contribution is 7.90. The molecule has 20 heavy (non-hydrogen) atoms. The first kappa shape index (κ1) is 15.3. The monoisotopic (exact) mass is 297 g/mol. The molecule has 0 bridgehead atoms. The summed E-state index contributed by atoms with van der Waals surface area (Å²) in [5.41, 5.74) is 1.16. The number of likely N-dealkylation sites (tertiary alicyclic amines) is 1. The van der Waals surface area contributed by atoms with E-state index in [1.165, 1.54) is 6.26 Å². The van der Waals surface area contributed by atoms with Crippen LogP contribution in [0.1, 0.15) is 12.0 Å². The number of hydrogen-bond donors (Lipinski definition) is 1. The SMILES string of the molecule is Cc1ccc(NC[C@H]2CCN(CCS(C)(=O)=O)C2)nc1. The van der Waals surface area contributed by atoms with Crippen molar-refractivity contribution in [1.29, 1.82) is 0 Å². The fourth-order valence-electron chi connectivity index (χ4n) is 2.40. The lowest BCUT2D eigenvalue weighted by Crippen LogP contribution is -2.28. The number of rotatable bonds is 6. The summed E-state index contributed by atoms with van der Waals surface area (Å²) in [6.07, 6.45) is 4.27. The van der Waals surface area contributed by atoms with Crippen molar-refractivity contribution >= 4 is 15.7 Å². The van der Waals surface area contributed by atoms with E-state index in [-0.39, 0.29) is 5.75 Å². The third-order valence-corrected chi connectivity index (χ3v) is 4.56. The Bertz CT molecular complexity index is 528. The third-order valence-electron chi connectivity index (χ3n) is 3.63. The lowest BCUT2D eigenvalue weighted by atomic mass is 10.1. The normalized spacial score (nSPS) is 20.2. The number of hydrogen-bond acceptors (Lipinski definition) is 5. The second kappa shape index (κ2) is 6.54. The number of aromatic nitrogens is 1. The molecule has 1 N–H and O–H groups in total. The fraction of sp³-hybridized carbons (Fsp3) is 0.643. The number of nitrogens with one attached hydrogen (secondary N) is 1. The molecule has 1 aliphatic heterocycles. The first-order valence-corrected chi connectivity index (χ1v) is 9.05. The van der Waals surface area contributed by atoms with Gasteiger partial charge in [-0.25, -0.2) is 13.4 Å². The second-order valence-corrected chi connectivity index (χ2v) is 7.95. The molecular formula is C14H23N3O2S. The van der Waals surface area contributed by atoms with E-state index in [2.05, 4.69) is 15.2 Å². The van der Waals surface area contributed by atoms with Gasteiger partial charge >= 0.3 is 0 Å². The van der Waals surface area contributed by atoms with Gasteiger partial charge in [-0.05, 0) is 37.4 Å². The van der Waals surface area contributed by atoms with E-state index < -0.39 is 9.84 Å². The van der Waals surface area contributed by atoms with Crippen LogP contribution in [0.25, 0.3) is 0 Å². The fourth-order valence-corrected chi connectivity index (χ4v) is 2.99. The van der Waals surface area contributed by atoms with Gasteiger partial charge in [-0.3, -0.25) is 0 Å². The van der Waals surface area contributed by atoms with Crippen LogP contribution in [0, 0.1) is 12.8 Å². The van der Waals surface area contributed by atoms with Crippen LogP contribution in [0.5, 0.6) is 0 Å². The molecule has 5 nitrogen and oxygen atoms in total.